The van der Waals surface area contributed by atoms with Crippen LogP contribution in [0.15, 0.2) is 0 Å². The summed E-state index contributed by atoms with van der Waals surface area (Å²) in [6.07, 6.45) is 0.691. The number of hydrogen-bond donors (Lipinski definition) is 0. The molecule has 0 spiro atoms. The predicted octanol–water partition coefficient (Wildman–Crippen LogP) is 2.97. The van der Waals surface area contributed by atoms with Crippen LogP contribution in [-0.2, 0) is 14.3 Å². The van der Waals surface area contributed by atoms with Crippen LogP contribution in [0.2, 0.25) is 0 Å². The van der Waals surface area contributed by atoms with Crippen LogP contribution in [-0.4, -0.2) is 18.4 Å². The first-order chi connectivity index (χ1) is 7.02. The summed E-state index contributed by atoms with van der Waals surface area (Å²) >= 11 is 0. The van der Waals surface area contributed by atoms with Crippen molar-refractivity contribution in [3.63, 3.8) is 0 Å². The van der Waals surface area contributed by atoms with Gasteiger partial charge in [-0.3, -0.25) is 9.59 Å². The number of hydrogen-bond acceptors (Lipinski definition) is 3. The third-order valence-electron chi connectivity index (χ3n) is 2.26. The summed E-state index contributed by atoms with van der Waals surface area (Å²) in [7, 11) is 0. The quantitative estimate of drug-likeness (QED) is 0.549. The van der Waals surface area contributed by atoms with Gasteiger partial charge in [0.25, 0.3) is 0 Å². The molecule has 0 radical (unpaired) electrons. The summed E-state index contributed by atoms with van der Waals surface area (Å²) in [6, 6.07) is 0. The zero-order valence-corrected chi connectivity index (χ0v) is 11.3. The second-order valence-electron chi connectivity index (χ2n) is 6.38. The van der Waals surface area contributed by atoms with Gasteiger partial charge < -0.3 is 4.74 Å². The van der Waals surface area contributed by atoms with Crippen molar-refractivity contribution in [2.24, 2.45) is 10.8 Å². The van der Waals surface area contributed by atoms with Crippen LogP contribution in [0.3, 0.4) is 0 Å². The molecule has 0 aromatic carbocycles. The van der Waals surface area contributed by atoms with Crippen LogP contribution in [0.25, 0.3) is 0 Å². The van der Waals surface area contributed by atoms with Crippen molar-refractivity contribution in [2.75, 3.05) is 6.61 Å². The van der Waals surface area contributed by atoms with Gasteiger partial charge in [0.2, 0.25) is 0 Å². The van der Waals surface area contributed by atoms with Crippen molar-refractivity contribution in [3.8, 4) is 0 Å². The molecule has 0 N–H and O–H groups in total. The van der Waals surface area contributed by atoms with Crippen LogP contribution in [0.5, 0.6) is 0 Å². The van der Waals surface area contributed by atoms with E-state index in [0.29, 0.717) is 6.61 Å². The standard InChI is InChI=1S/C13H24O3/c1-12(2,3)7-8-16-11(15)9-10(14)13(4,5)6/h7-9H2,1-6H3. The van der Waals surface area contributed by atoms with Gasteiger partial charge in [-0.15, -0.1) is 0 Å². The van der Waals surface area contributed by atoms with Gasteiger partial charge in [-0.2, -0.15) is 0 Å². The maximum atomic E-state index is 11.5. The Morgan fingerprint density at radius 3 is 1.88 bits per heavy atom. The first kappa shape index (κ1) is 15.1. The molecule has 0 unspecified atom stereocenters. The largest absolute Gasteiger partial charge is 0.465 e. The van der Waals surface area contributed by atoms with Gasteiger partial charge in [0.1, 0.15) is 12.2 Å². The number of rotatable bonds is 4. The van der Waals surface area contributed by atoms with E-state index in [1.54, 1.807) is 20.8 Å². The van der Waals surface area contributed by atoms with Crippen molar-refractivity contribution in [2.45, 2.75) is 54.4 Å². The molecule has 0 fully saturated rings. The molecule has 0 bridgehead atoms. The van der Waals surface area contributed by atoms with E-state index in [-0.39, 0.29) is 17.6 Å². The molecule has 0 amide bonds. The van der Waals surface area contributed by atoms with E-state index in [1.807, 2.05) is 0 Å². The summed E-state index contributed by atoms with van der Waals surface area (Å²) in [5.41, 5.74) is -0.322. The Hall–Kier alpha value is -0.860. The van der Waals surface area contributed by atoms with E-state index < -0.39 is 11.4 Å². The Morgan fingerprint density at radius 1 is 1.00 bits per heavy atom. The second-order valence-corrected chi connectivity index (χ2v) is 6.38. The van der Waals surface area contributed by atoms with E-state index in [1.165, 1.54) is 0 Å². The normalized spacial score (nSPS) is 12.4. The fourth-order valence-corrected chi connectivity index (χ4v) is 0.918. The van der Waals surface area contributed by atoms with E-state index in [2.05, 4.69) is 20.8 Å². The molecule has 0 saturated carbocycles. The maximum Gasteiger partial charge on any atom is 0.313 e. The SMILES string of the molecule is CC(C)(C)CCOC(=O)CC(=O)C(C)(C)C. The fourth-order valence-electron chi connectivity index (χ4n) is 0.918. The first-order valence-electron chi connectivity index (χ1n) is 5.71. The molecule has 3 heteroatoms. The van der Waals surface area contributed by atoms with Crippen LogP contribution in [0.4, 0.5) is 0 Å². The predicted molar refractivity (Wildman–Crippen MR) is 64.1 cm³/mol. The van der Waals surface area contributed by atoms with E-state index >= 15 is 0 Å². The minimum absolute atomic E-state index is 0.0757. The lowest BCUT2D eigenvalue weighted by Gasteiger charge is -2.18. The average Bonchev–Trinajstić information content (AvgIpc) is 1.99. The summed E-state index contributed by atoms with van der Waals surface area (Å²) in [4.78, 5) is 22.9. The monoisotopic (exact) mass is 228 g/mol. The number of ketones is 1. The summed E-state index contributed by atoms with van der Waals surface area (Å²) in [5, 5.41) is 0. The highest BCUT2D eigenvalue weighted by Gasteiger charge is 2.24. The summed E-state index contributed by atoms with van der Waals surface area (Å²) < 4.78 is 5.02. The van der Waals surface area contributed by atoms with Crippen LogP contribution in [0, 0.1) is 10.8 Å². The van der Waals surface area contributed by atoms with Crippen molar-refractivity contribution in [3.05, 3.63) is 0 Å². The van der Waals surface area contributed by atoms with E-state index in [0.717, 1.165) is 6.42 Å². The third kappa shape index (κ3) is 7.43. The lowest BCUT2D eigenvalue weighted by Crippen LogP contribution is -2.24. The molecular formula is C13H24O3. The molecule has 3 nitrogen and oxygen atoms in total. The van der Waals surface area contributed by atoms with Gasteiger partial charge in [0, 0.05) is 5.41 Å². The number of carbonyl (C=O) groups excluding carboxylic acids is 2. The van der Waals surface area contributed by atoms with Crippen LogP contribution < -0.4 is 0 Å². The Balaban J connectivity index is 3.89. The maximum absolute atomic E-state index is 11.5. The van der Waals surface area contributed by atoms with Crippen molar-refractivity contribution in [1.29, 1.82) is 0 Å². The molecule has 0 saturated heterocycles. The Morgan fingerprint density at radius 2 is 1.50 bits per heavy atom. The minimum Gasteiger partial charge on any atom is -0.465 e. The highest BCUT2D eigenvalue weighted by Crippen LogP contribution is 2.19. The van der Waals surface area contributed by atoms with Gasteiger partial charge in [-0.1, -0.05) is 41.5 Å². The zero-order chi connectivity index (χ0) is 13.0. The molecule has 0 atom stereocenters. The van der Waals surface area contributed by atoms with Crippen molar-refractivity contribution in [1.82, 2.24) is 0 Å². The molecule has 0 aromatic rings. The highest BCUT2D eigenvalue weighted by atomic mass is 16.5. The molecule has 94 valence electrons. The van der Waals surface area contributed by atoms with Crippen LogP contribution in [0.1, 0.15) is 54.4 Å². The van der Waals surface area contributed by atoms with Gasteiger partial charge in [-0.25, -0.2) is 0 Å². The van der Waals surface area contributed by atoms with Gasteiger partial charge in [0.15, 0.2) is 0 Å². The average molecular weight is 228 g/mol. The molecule has 0 aliphatic heterocycles. The minimum atomic E-state index is -0.469. The number of esters is 1. The molecular weight excluding hydrogens is 204 g/mol. The third-order valence-corrected chi connectivity index (χ3v) is 2.26. The fraction of sp³-hybridized carbons (Fsp3) is 0.846. The van der Waals surface area contributed by atoms with Crippen LogP contribution >= 0.6 is 0 Å². The van der Waals surface area contributed by atoms with Gasteiger partial charge >= 0.3 is 5.97 Å². The van der Waals surface area contributed by atoms with Crippen molar-refractivity contribution >= 4 is 11.8 Å². The highest BCUT2D eigenvalue weighted by molar-refractivity contribution is 5.98. The molecule has 0 heterocycles. The molecule has 16 heavy (non-hydrogen) atoms. The lowest BCUT2D eigenvalue weighted by atomic mass is 9.89. The Bertz CT molecular complexity index is 253. The van der Waals surface area contributed by atoms with Gasteiger partial charge in [-0.05, 0) is 11.8 Å². The smallest absolute Gasteiger partial charge is 0.313 e. The van der Waals surface area contributed by atoms with Gasteiger partial charge in [0.05, 0.1) is 6.61 Å². The number of carbonyl (C=O) groups is 2. The molecule has 0 aromatic heterocycles. The lowest BCUT2D eigenvalue weighted by molar-refractivity contribution is -0.148. The number of ether oxygens (including phenoxy) is 1. The molecule has 0 aliphatic rings. The molecule has 0 aliphatic carbocycles. The Kier molecular flexibility index (Phi) is 5.17. The number of Topliss-reactive ketones (excluding diaryl/α,β-unsaturated/α-hetero) is 1. The first-order valence-corrected chi connectivity index (χ1v) is 5.71. The zero-order valence-electron chi connectivity index (χ0n) is 11.3. The summed E-state index contributed by atoms with van der Waals surface area (Å²) in [5.74, 6) is -0.488. The topological polar surface area (TPSA) is 43.4 Å². The Labute approximate surface area is 98.6 Å². The molecule has 0 rings (SSSR count). The summed E-state index contributed by atoms with van der Waals surface area (Å²) in [6.45, 7) is 12.1. The van der Waals surface area contributed by atoms with E-state index in [4.69, 9.17) is 4.74 Å². The second kappa shape index (κ2) is 5.46. The van der Waals surface area contributed by atoms with Crippen molar-refractivity contribution < 1.29 is 14.3 Å². The van der Waals surface area contributed by atoms with E-state index in [9.17, 15) is 9.59 Å².